The topological polar surface area (TPSA) is 44.0 Å². The van der Waals surface area contributed by atoms with Crippen molar-refractivity contribution in [3.63, 3.8) is 0 Å². The van der Waals surface area contributed by atoms with Crippen molar-refractivity contribution >= 4 is 0 Å². The van der Waals surface area contributed by atoms with Crippen molar-refractivity contribution in [2.75, 3.05) is 6.61 Å². The Balaban J connectivity index is 0. The maximum absolute atomic E-state index is 8.07. The van der Waals surface area contributed by atoms with E-state index < -0.39 is 0 Å². The van der Waals surface area contributed by atoms with Crippen LogP contribution in [0.1, 0.15) is 26.7 Å². The molecule has 0 aliphatic heterocycles. The second-order valence-corrected chi connectivity index (χ2v) is 1.30. The monoisotopic (exact) mass is 115 g/mol. The van der Waals surface area contributed by atoms with Crippen LogP contribution in [-0.4, -0.2) is 11.7 Å². The predicted octanol–water partition coefficient (Wildman–Crippen LogP) is 1.31. The number of aliphatic hydroxyl groups is 1. The Labute approximate surface area is 50.8 Å². The van der Waals surface area contributed by atoms with E-state index in [4.69, 9.17) is 10.4 Å². The molecule has 0 unspecified atom stereocenters. The van der Waals surface area contributed by atoms with Gasteiger partial charge in [-0.3, -0.25) is 0 Å². The summed E-state index contributed by atoms with van der Waals surface area (Å²) in [5.41, 5.74) is 0. The molecular formula is C6H13NO. The third-order valence-electron chi connectivity index (χ3n) is 0.512. The van der Waals surface area contributed by atoms with Crippen molar-refractivity contribution < 1.29 is 5.11 Å². The Bertz CT molecular complexity index is 54.0. The summed E-state index contributed by atoms with van der Waals surface area (Å²) in [6, 6.07) is 1.75. The van der Waals surface area contributed by atoms with Crippen LogP contribution in [0.25, 0.3) is 0 Å². The van der Waals surface area contributed by atoms with Crippen LogP contribution in [0.3, 0.4) is 0 Å². The molecule has 48 valence electrons. The molecule has 0 heterocycles. The summed E-state index contributed by atoms with van der Waals surface area (Å²) in [6.07, 6.45) is 2.04. The fraction of sp³-hybridized carbons (Fsp3) is 0.833. The van der Waals surface area contributed by atoms with Gasteiger partial charge in [0.05, 0.1) is 6.07 Å². The van der Waals surface area contributed by atoms with Gasteiger partial charge in [-0.25, -0.2) is 0 Å². The molecule has 0 bridgehead atoms. The minimum atomic E-state index is 0.344. The van der Waals surface area contributed by atoms with Crippen molar-refractivity contribution in [3.8, 4) is 6.07 Å². The lowest BCUT2D eigenvalue weighted by Crippen LogP contribution is -1.75. The third-order valence-corrected chi connectivity index (χ3v) is 0.512. The largest absolute Gasteiger partial charge is 0.396 e. The smallest absolute Gasteiger partial charge is 0.0587 e. The molecule has 2 heteroatoms. The van der Waals surface area contributed by atoms with Gasteiger partial charge in [0.15, 0.2) is 0 Å². The average molecular weight is 115 g/mol. The SMILES string of the molecule is CC#N.CCCCO. The summed E-state index contributed by atoms with van der Waals surface area (Å²) in [5.74, 6) is 0. The Kier molecular flexibility index (Phi) is 21.0. The molecule has 2 nitrogen and oxygen atoms in total. The second kappa shape index (κ2) is 16.1. The number of nitrogens with zero attached hydrogens (tertiary/aromatic N) is 1. The zero-order valence-electron chi connectivity index (χ0n) is 5.52. The molecule has 0 aliphatic carbocycles. The standard InChI is InChI=1S/C4H10O.C2H3N/c1-2-3-4-5;1-2-3/h5H,2-4H2,1H3;1H3. The molecule has 0 spiro atoms. The minimum Gasteiger partial charge on any atom is -0.396 e. The summed E-state index contributed by atoms with van der Waals surface area (Å²) < 4.78 is 0. The van der Waals surface area contributed by atoms with Crippen LogP contribution in [0.15, 0.2) is 0 Å². The van der Waals surface area contributed by atoms with Gasteiger partial charge in [0.2, 0.25) is 0 Å². The molecule has 0 aliphatic rings. The van der Waals surface area contributed by atoms with Gasteiger partial charge in [0, 0.05) is 13.5 Å². The maximum atomic E-state index is 8.07. The van der Waals surface area contributed by atoms with Crippen LogP contribution in [0, 0.1) is 11.3 Å². The van der Waals surface area contributed by atoms with Crippen LogP contribution in [0.5, 0.6) is 0 Å². The van der Waals surface area contributed by atoms with E-state index in [0.29, 0.717) is 6.61 Å². The van der Waals surface area contributed by atoms with Gasteiger partial charge < -0.3 is 5.11 Å². The fourth-order valence-corrected chi connectivity index (χ4v) is 0.158. The van der Waals surface area contributed by atoms with Gasteiger partial charge in [0.1, 0.15) is 0 Å². The maximum Gasteiger partial charge on any atom is 0.0587 e. The summed E-state index contributed by atoms with van der Waals surface area (Å²) in [7, 11) is 0. The lowest BCUT2D eigenvalue weighted by molar-refractivity contribution is 0.287. The number of rotatable bonds is 2. The van der Waals surface area contributed by atoms with Crippen molar-refractivity contribution in [1.29, 1.82) is 5.26 Å². The lowest BCUT2D eigenvalue weighted by atomic mass is 10.4. The molecule has 0 atom stereocenters. The number of aliphatic hydroxyl groups excluding tert-OH is 1. The highest BCUT2D eigenvalue weighted by atomic mass is 16.2. The predicted molar refractivity (Wildman–Crippen MR) is 33.3 cm³/mol. The van der Waals surface area contributed by atoms with Gasteiger partial charge >= 0.3 is 0 Å². The van der Waals surface area contributed by atoms with Crippen molar-refractivity contribution in [1.82, 2.24) is 0 Å². The van der Waals surface area contributed by atoms with E-state index in [1.807, 2.05) is 0 Å². The van der Waals surface area contributed by atoms with Gasteiger partial charge in [-0.05, 0) is 6.42 Å². The summed E-state index contributed by atoms with van der Waals surface area (Å²) in [4.78, 5) is 0. The van der Waals surface area contributed by atoms with E-state index in [9.17, 15) is 0 Å². The summed E-state index contributed by atoms with van der Waals surface area (Å²) in [6.45, 7) is 3.83. The van der Waals surface area contributed by atoms with Crippen LogP contribution in [0.2, 0.25) is 0 Å². The van der Waals surface area contributed by atoms with Gasteiger partial charge in [-0.2, -0.15) is 5.26 Å². The summed E-state index contributed by atoms with van der Waals surface area (Å²) >= 11 is 0. The Morgan fingerprint density at radius 2 is 2.00 bits per heavy atom. The number of hydrogen-bond donors (Lipinski definition) is 1. The van der Waals surface area contributed by atoms with Gasteiger partial charge in [0.25, 0.3) is 0 Å². The molecule has 0 saturated heterocycles. The normalized spacial score (nSPS) is 6.25. The second-order valence-electron chi connectivity index (χ2n) is 1.30. The first-order valence-corrected chi connectivity index (χ1v) is 2.75. The van der Waals surface area contributed by atoms with Crippen LogP contribution in [0.4, 0.5) is 0 Å². The highest BCUT2D eigenvalue weighted by Gasteiger charge is 1.69. The van der Waals surface area contributed by atoms with Crippen molar-refractivity contribution in [2.24, 2.45) is 0 Å². The third kappa shape index (κ3) is 51.3. The zero-order valence-corrected chi connectivity index (χ0v) is 5.52. The first-order chi connectivity index (χ1) is 3.83. The summed E-state index contributed by atoms with van der Waals surface area (Å²) in [5, 5.41) is 15.4. The van der Waals surface area contributed by atoms with Gasteiger partial charge in [-0.15, -0.1) is 0 Å². The number of hydrogen-bond acceptors (Lipinski definition) is 2. The van der Waals surface area contributed by atoms with Crippen LogP contribution >= 0.6 is 0 Å². The highest BCUT2D eigenvalue weighted by molar-refractivity contribution is 4.51. The Morgan fingerprint density at radius 3 is 2.00 bits per heavy atom. The molecule has 0 rings (SSSR count). The Morgan fingerprint density at radius 1 is 1.62 bits per heavy atom. The molecule has 0 radical (unpaired) electrons. The first-order valence-electron chi connectivity index (χ1n) is 2.75. The number of nitriles is 1. The van der Waals surface area contributed by atoms with E-state index in [-0.39, 0.29) is 0 Å². The average Bonchev–Trinajstić information content (AvgIpc) is 1.71. The van der Waals surface area contributed by atoms with E-state index in [2.05, 4.69) is 6.92 Å². The zero-order chi connectivity index (χ0) is 6.83. The van der Waals surface area contributed by atoms with E-state index in [1.54, 1.807) is 6.07 Å². The minimum absolute atomic E-state index is 0.344. The van der Waals surface area contributed by atoms with E-state index >= 15 is 0 Å². The molecule has 0 aromatic rings. The van der Waals surface area contributed by atoms with Crippen LogP contribution < -0.4 is 0 Å². The molecule has 0 aromatic carbocycles. The lowest BCUT2D eigenvalue weighted by Gasteiger charge is -1.79. The highest BCUT2D eigenvalue weighted by Crippen LogP contribution is 1.78. The molecule has 0 amide bonds. The molecule has 0 aromatic heterocycles. The van der Waals surface area contributed by atoms with Crippen molar-refractivity contribution in [2.45, 2.75) is 26.7 Å². The quantitative estimate of drug-likeness (QED) is 0.589. The molecule has 0 saturated carbocycles. The molecule has 1 N–H and O–H groups in total. The van der Waals surface area contributed by atoms with Gasteiger partial charge in [-0.1, -0.05) is 13.3 Å². The van der Waals surface area contributed by atoms with Crippen molar-refractivity contribution in [3.05, 3.63) is 0 Å². The van der Waals surface area contributed by atoms with Crippen LogP contribution in [-0.2, 0) is 0 Å². The fourth-order valence-electron chi connectivity index (χ4n) is 0.158. The van der Waals surface area contributed by atoms with E-state index in [1.165, 1.54) is 6.92 Å². The molecule has 8 heavy (non-hydrogen) atoms. The first kappa shape index (κ1) is 10.4. The number of unbranched alkanes of at least 4 members (excludes halogenated alkanes) is 1. The Hall–Kier alpha value is -0.550. The molecule has 0 fully saturated rings. The molecular weight excluding hydrogens is 102 g/mol. The van der Waals surface area contributed by atoms with E-state index in [0.717, 1.165) is 12.8 Å².